The maximum atomic E-state index is 2.33. The van der Waals surface area contributed by atoms with Gasteiger partial charge in [0.2, 0.25) is 0 Å². The highest BCUT2D eigenvalue weighted by atomic mass is 15.2. The molecule has 0 unspecified atom stereocenters. The topological polar surface area (TPSA) is 13.0 Å². The maximum absolute atomic E-state index is 2.33. The van der Waals surface area contributed by atoms with Crippen LogP contribution in [0.4, 0.5) is 68.2 Å². The van der Waals surface area contributed by atoms with Crippen molar-refractivity contribution in [2.24, 2.45) is 0 Å². The zero-order valence-corrected chi connectivity index (χ0v) is 53.8. The van der Waals surface area contributed by atoms with Gasteiger partial charge in [-0.25, -0.2) is 0 Å². The SMILES string of the molecule is CC.CC.CC.CC.Cc1cccc(N(c2ccc(-c3ccc(N(c4cccc(C)c4)c4cccc(C)c4)cc3)cc2)c2cccc(C)c2)c1.c1ccc(N(c2ccccc2)c2ccc(-c3ccc(N(c4ccccc4)c4ccccc4)cc3)cc2)cc1. The number of hydrogen-bond donors (Lipinski definition) is 0. The summed E-state index contributed by atoms with van der Waals surface area (Å²) in [5.41, 5.74) is 23.4. The van der Waals surface area contributed by atoms with Crippen molar-refractivity contribution in [3.8, 4) is 22.3 Å². The maximum Gasteiger partial charge on any atom is 0.0464 e. The molecule has 0 aliphatic rings. The summed E-state index contributed by atoms with van der Waals surface area (Å²) < 4.78 is 0. The third-order valence-electron chi connectivity index (χ3n) is 14.3. The van der Waals surface area contributed by atoms with Gasteiger partial charge in [0.1, 0.15) is 0 Å². The molecule has 0 spiro atoms. The van der Waals surface area contributed by atoms with Gasteiger partial charge in [-0.05, 0) is 218 Å². The van der Waals surface area contributed by atoms with E-state index in [0.29, 0.717) is 0 Å². The molecule has 4 nitrogen and oxygen atoms in total. The van der Waals surface area contributed by atoms with E-state index in [1.54, 1.807) is 0 Å². The molecule has 0 saturated carbocycles. The molecule has 0 N–H and O–H groups in total. The molecule has 4 heteroatoms. The molecule has 0 aliphatic carbocycles. The molecule has 444 valence electrons. The summed E-state index contributed by atoms with van der Waals surface area (Å²) in [7, 11) is 0. The molecule has 0 fully saturated rings. The van der Waals surface area contributed by atoms with Gasteiger partial charge in [-0.2, -0.15) is 0 Å². The highest BCUT2D eigenvalue weighted by Gasteiger charge is 2.17. The van der Waals surface area contributed by atoms with Crippen LogP contribution in [-0.4, -0.2) is 0 Å². The summed E-state index contributed by atoms with van der Waals surface area (Å²) in [6, 6.07) is 112. The van der Waals surface area contributed by atoms with Crippen molar-refractivity contribution in [1.82, 2.24) is 0 Å². The molecular weight excluding hydrogens is 1060 g/mol. The second-order valence-corrected chi connectivity index (χ2v) is 20.2. The smallest absolute Gasteiger partial charge is 0.0464 e. The van der Waals surface area contributed by atoms with E-state index in [1.807, 2.05) is 55.4 Å². The number of benzene rings is 12. The second kappa shape index (κ2) is 34.1. The lowest BCUT2D eigenvalue weighted by molar-refractivity contribution is 1.26. The third kappa shape index (κ3) is 17.1. The Morgan fingerprint density at radius 1 is 0.148 bits per heavy atom. The van der Waals surface area contributed by atoms with Crippen molar-refractivity contribution in [1.29, 1.82) is 0 Å². The lowest BCUT2D eigenvalue weighted by atomic mass is 10.0. The first kappa shape index (κ1) is 65.4. The van der Waals surface area contributed by atoms with Gasteiger partial charge in [0.15, 0.2) is 0 Å². The molecule has 0 aromatic heterocycles. The molecule has 0 saturated heterocycles. The Morgan fingerprint density at radius 2 is 0.295 bits per heavy atom. The van der Waals surface area contributed by atoms with Gasteiger partial charge >= 0.3 is 0 Å². The predicted molar refractivity (Wildman–Crippen MR) is 387 cm³/mol. The zero-order chi connectivity index (χ0) is 62.6. The Labute approximate surface area is 528 Å². The predicted octanol–water partition coefficient (Wildman–Crippen LogP) is 25.9. The van der Waals surface area contributed by atoms with E-state index in [2.05, 4.69) is 363 Å². The van der Waals surface area contributed by atoms with Gasteiger partial charge in [0.05, 0.1) is 0 Å². The minimum absolute atomic E-state index is 1.13. The van der Waals surface area contributed by atoms with Crippen LogP contribution in [0.3, 0.4) is 0 Å². The number of anilines is 12. The first-order valence-corrected chi connectivity index (χ1v) is 31.4. The van der Waals surface area contributed by atoms with Crippen LogP contribution in [0, 0.1) is 27.7 Å². The molecule has 12 rings (SSSR count). The van der Waals surface area contributed by atoms with Gasteiger partial charge in [-0.15, -0.1) is 0 Å². The quantitative estimate of drug-likeness (QED) is 0.108. The minimum atomic E-state index is 1.13. The van der Waals surface area contributed by atoms with Crippen LogP contribution in [0.15, 0.2) is 315 Å². The molecule has 0 amide bonds. The van der Waals surface area contributed by atoms with Gasteiger partial charge in [-0.3, -0.25) is 0 Å². The molecule has 0 bridgehead atoms. The first-order chi connectivity index (χ1) is 43.3. The fourth-order valence-corrected chi connectivity index (χ4v) is 10.4. The average Bonchev–Trinajstić information content (AvgIpc) is 3.17. The standard InChI is InChI=1S/C40H36N2.C36H28N2.4C2H6/c1-29-9-5-13-37(25-29)41(38-14-6-10-30(2)26-38)35-21-17-33(18-22-35)34-19-23-36(24-20-34)42(39-15-7-11-31(3)27-39)40-16-8-12-32(4)28-40;1-5-13-31(14-6-1)37(32-15-7-2-8-16-32)35-25-21-29(22-26-35)30-23-27-36(28-24-30)38(33-17-9-3-10-18-33)34-19-11-4-12-20-34;4*1-2/h5-28H,1-4H3;1-28H;4*1-2H3. The van der Waals surface area contributed by atoms with Crippen molar-refractivity contribution in [2.75, 3.05) is 19.6 Å². The zero-order valence-electron chi connectivity index (χ0n) is 53.8. The van der Waals surface area contributed by atoms with Crippen LogP contribution in [-0.2, 0) is 0 Å². The van der Waals surface area contributed by atoms with E-state index >= 15 is 0 Å². The summed E-state index contributed by atoms with van der Waals surface area (Å²) in [6.45, 7) is 24.6. The highest BCUT2D eigenvalue weighted by Crippen LogP contribution is 2.41. The Morgan fingerprint density at radius 3 is 0.466 bits per heavy atom. The monoisotopic (exact) mass is 1150 g/mol. The summed E-state index contributed by atoms with van der Waals surface area (Å²) >= 11 is 0. The molecule has 0 radical (unpaired) electrons. The van der Waals surface area contributed by atoms with Crippen molar-refractivity contribution < 1.29 is 0 Å². The molecular formula is C84H88N4. The first-order valence-electron chi connectivity index (χ1n) is 31.4. The van der Waals surface area contributed by atoms with E-state index in [0.717, 1.165) is 68.2 Å². The fourth-order valence-electron chi connectivity index (χ4n) is 10.4. The largest absolute Gasteiger partial charge is 0.311 e. The summed E-state index contributed by atoms with van der Waals surface area (Å²) in [6.07, 6.45) is 0. The van der Waals surface area contributed by atoms with Crippen molar-refractivity contribution in [2.45, 2.75) is 83.1 Å². The van der Waals surface area contributed by atoms with E-state index < -0.39 is 0 Å². The lowest BCUT2D eigenvalue weighted by Crippen LogP contribution is -2.10. The molecule has 0 aliphatic heterocycles. The van der Waals surface area contributed by atoms with Crippen LogP contribution in [0.5, 0.6) is 0 Å². The number of nitrogens with zero attached hydrogens (tertiary/aromatic N) is 4. The van der Waals surface area contributed by atoms with Gasteiger partial charge < -0.3 is 19.6 Å². The molecule has 12 aromatic carbocycles. The Kier molecular flexibility index (Phi) is 25.3. The van der Waals surface area contributed by atoms with Crippen LogP contribution in [0.2, 0.25) is 0 Å². The lowest BCUT2D eigenvalue weighted by Gasteiger charge is -2.27. The second-order valence-electron chi connectivity index (χ2n) is 20.2. The van der Waals surface area contributed by atoms with E-state index in [4.69, 9.17) is 0 Å². The fraction of sp³-hybridized carbons (Fsp3) is 0.143. The average molecular weight is 1150 g/mol. The van der Waals surface area contributed by atoms with Crippen LogP contribution < -0.4 is 19.6 Å². The van der Waals surface area contributed by atoms with Gasteiger partial charge in [0.25, 0.3) is 0 Å². The third-order valence-corrected chi connectivity index (χ3v) is 14.3. The van der Waals surface area contributed by atoms with Crippen LogP contribution >= 0.6 is 0 Å². The normalized spacial score (nSPS) is 10.0. The number of para-hydroxylation sites is 4. The number of hydrogen-bond acceptors (Lipinski definition) is 4. The van der Waals surface area contributed by atoms with Crippen LogP contribution in [0.25, 0.3) is 22.3 Å². The molecule has 12 aromatic rings. The summed E-state index contributed by atoms with van der Waals surface area (Å²) in [4.78, 5) is 9.22. The highest BCUT2D eigenvalue weighted by molar-refractivity contribution is 5.83. The molecule has 88 heavy (non-hydrogen) atoms. The van der Waals surface area contributed by atoms with E-state index in [1.165, 1.54) is 44.5 Å². The van der Waals surface area contributed by atoms with Crippen molar-refractivity contribution in [3.05, 3.63) is 338 Å². The summed E-state index contributed by atoms with van der Waals surface area (Å²) in [5, 5.41) is 0. The minimum Gasteiger partial charge on any atom is -0.311 e. The number of aryl methyl sites for hydroxylation is 4. The van der Waals surface area contributed by atoms with Gasteiger partial charge in [-0.1, -0.05) is 225 Å². The Balaban J connectivity index is 0.000000227. The van der Waals surface area contributed by atoms with E-state index in [-0.39, 0.29) is 0 Å². The number of rotatable bonds is 14. The molecule has 0 heterocycles. The Bertz CT molecular complexity index is 3470. The summed E-state index contributed by atoms with van der Waals surface area (Å²) in [5.74, 6) is 0. The van der Waals surface area contributed by atoms with Crippen molar-refractivity contribution in [3.63, 3.8) is 0 Å². The van der Waals surface area contributed by atoms with Crippen molar-refractivity contribution >= 4 is 68.2 Å². The van der Waals surface area contributed by atoms with Gasteiger partial charge in [0, 0.05) is 68.2 Å². The molecule has 0 atom stereocenters. The Hall–Kier alpha value is -10.2. The van der Waals surface area contributed by atoms with Crippen LogP contribution in [0.1, 0.15) is 77.6 Å². The van der Waals surface area contributed by atoms with E-state index in [9.17, 15) is 0 Å².